The molecule has 5 rings (SSSR count). The highest BCUT2D eigenvalue weighted by Gasteiger charge is 2.76. The molecule has 1 saturated heterocycles. The van der Waals surface area contributed by atoms with Crippen LogP contribution < -0.4 is 0 Å². The van der Waals surface area contributed by atoms with Crippen LogP contribution in [0.3, 0.4) is 0 Å². The van der Waals surface area contributed by atoms with Gasteiger partial charge in [-0.15, -0.1) is 0 Å². The zero-order chi connectivity index (χ0) is 28.1. The van der Waals surface area contributed by atoms with E-state index in [1.54, 1.807) is 0 Å². The van der Waals surface area contributed by atoms with E-state index < -0.39 is 17.3 Å². The Kier molecular flexibility index (Phi) is 6.20. The summed E-state index contributed by atoms with van der Waals surface area (Å²) in [4.78, 5) is 36.7. The molecule has 214 valence electrons. The summed E-state index contributed by atoms with van der Waals surface area (Å²) in [7, 11) is 0. The van der Waals surface area contributed by atoms with Gasteiger partial charge in [0.1, 0.15) is 23.4 Å². The summed E-state index contributed by atoms with van der Waals surface area (Å²) in [6.45, 7) is 16.5. The fourth-order valence-corrected chi connectivity index (χ4v) is 11.1. The zero-order valence-electron chi connectivity index (χ0n) is 24.6. The van der Waals surface area contributed by atoms with Crippen LogP contribution in [0.15, 0.2) is 0 Å². The first-order chi connectivity index (χ1) is 17.4. The highest BCUT2D eigenvalue weighted by molar-refractivity contribution is 5.72. The van der Waals surface area contributed by atoms with Crippen molar-refractivity contribution in [1.82, 2.24) is 0 Å². The Balaban J connectivity index is 1.58. The molecule has 0 spiro atoms. The van der Waals surface area contributed by atoms with Gasteiger partial charge in [0.25, 0.3) is 0 Å². The van der Waals surface area contributed by atoms with Gasteiger partial charge in [0.15, 0.2) is 0 Å². The van der Waals surface area contributed by atoms with E-state index in [9.17, 15) is 19.5 Å². The second-order valence-electron chi connectivity index (χ2n) is 14.9. The van der Waals surface area contributed by atoms with Crippen LogP contribution in [0.4, 0.5) is 0 Å². The second kappa shape index (κ2) is 8.44. The first-order valence-corrected chi connectivity index (χ1v) is 14.7. The van der Waals surface area contributed by atoms with E-state index in [4.69, 9.17) is 14.2 Å². The highest BCUT2D eigenvalue weighted by atomic mass is 16.6. The first kappa shape index (κ1) is 27.9. The molecule has 4 saturated carbocycles. The fraction of sp³-hybridized carbons (Fsp3) is 0.903. The third-order valence-corrected chi connectivity index (χ3v) is 13.0. The smallest absolute Gasteiger partial charge is 0.306 e. The van der Waals surface area contributed by atoms with Gasteiger partial charge in [0.2, 0.25) is 0 Å². The van der Waals surface area contributed by atoms with Gasteiger partial charge >= 0.3 is 17.9 Å². The summed E-state index contributed by atoms with van der Waals surface area (Å²) in [5.74, 6) is -0.502. The summed E-state index contributed by atoms with van der Waals surface area (Å²) in [5, 5.41) is 12.5. The molecule has 1 aliphatic heterocycles. The monoisotopic (exact) mass is 532 g/mol. The summed E-state index contributed by atoms with van der Waals surface area (Å²) in [5.41, 5.74) is -2.83. The van der Waals surface area contributed by atoms with E-state index in [0.29, 0.717) is 31.6 Å². The number of carbonyl (C=O) groups is 3. The number of esters is 3. The number of aliphatic hydroxyl groups is 1. The van der Waals surface area contributed by atoms with Crippen LogP contribution in [0.25, 0.3) is 0 Å². The molecule has 1 heterocycles. The SMILES string of the molecule is CC(=O)OC1C[C@@H]2[C@@]3(C)CC[C@@H](OC(C)=O)C(C)(C)C3CC[C@@]2(C)[C@]2(C)CC[C@](O)([C@]3(C)CCC(=O)O3)C12. The third-order valence-electron chi connectivity index (χ3n) is 13.0. The van der Waals surface area contributed by atoms with Gasteiger partial charge < -0.3 is 19.3 Å². The van der Waals surface area contributed by atoms with E-state index in [1.165, 1.54) is 13.8 Å². The predicted molar refractivity (Wildman–Crippen MR) is 141 cm³/mol. The van der Waals surface area contributed by atoms with Crippen LogP contribution in [0.5, 0.6) is 0 Å². The van der Waals surface area contributed by atoms with Gasteiger partial charge in [0, 0.05) is 38.0 Å². The lowest BCUT2D eigenvalue weighted by Crippen LogP contribution is -2.70. The molecule has 1 N–H and O–H groups in total. The summed E-state index contributed by atoms with van der Waals surface area (Å²) in [6, 6.07) is 0. The number of rotatable bonds is 3. The molecule has 0 bridgehead atoms. The maximum Gasteiger partial charge on any atom is 0.306 e. The molecule has 3 unspecified atom stereocenters. The molecule has 4 aliphatic carbocycles. The average Bonchev–Trinajstić information content (AvgIpc) is 3.30. The molecule has 0 aromatic carbocycles. The van der Waals surface area contributed by atoms with Crippen molar-refractivity contribution in [3.63, 3.8) is 0 Å². The molecule has 0 aromatic heterocycles. The lowest BCUT2D eigenvalue weighted by atomic mass is 9.35. The van der Waals surface area contributed by atoms with Crippen molar-refractivity contribution in [3.05, 3.63) is 0 Å². The third kappa shape index (κ3) is 3.51. The Bertz CT molecular complexity index is 1040. The lowest BCUT2D eigenvalue weighted by Gasteiger charge is -2.71. The summed E-state index contributed by atoms with van der Waals surface area (Å²) in [6.07, 6.45) is 6.03. The van der Waals surface area contributed by atoms with Crippen molar-refractivity contribution in [3.8, 4) is 0 Å². The van der Waals surface area contributed by atoms with Crippen LogP contribution in [-0.4, -0.2) is 46.4 Å². The van der Waals surface area contributed by atoms with Crippen molar-refractivity contribution in [2.45, 2.75) is 137 Å². The molecule has 0 aromatic rings. The number of fused-ring (bicyclic) bond motifs is 5. The number of cyclic esters (lactones) is 1. The molecular weight excluding hydrogens is 484 g/mol. The van der Waals surface area contributed by atoms with Gasteiger partial charge in [-0.3, -0.25) is 14.4 Å². The molecule has 7 heteroatoms. The molecule has 38 heavy (non-hydrogen) atoms. The molecular formula is C31H48O7. The first-order valence-electron chi connectivity index (χ1n) is 14.7. The quantitative estimate of drug-likeness (QED) is 0.386. The standard InChI is InChI=1S/C31H48O7/c1-18(32)36-20-17-22-27(5)12-10-23(37-19(2)33)26(3,4)21(27)9-13-28(22,6)29(7)15-16-31(35,25(20)29)30(8)14-11-24(34)38-30/h20-23,25,35H,9-17H2,1-8H3/t20?,21?,22-,23-,25?,27+,28-,29-,30+,31-/m1/s1. The minimum Gasteiger partial charge on any atom is -0.462 e. The van der Waals surface area contributed by atoms with Crippen LogP contribution >= 0.6 is 0 Å². The van der Waals surface area contributed by atoms with Crippen molar-refractivity contribution in [2.24, 2.45) is 39.4 Å². The molecule has 5 aliphatic rings. The number of carbonyl (C=O) groups excluding carboxylic acids is 3. The fourth-order valence-electron chi connectivity index (χ4n) is 11.1. The lowest BCUT2D eigenvalue weighted by molar-refractivity contribution is -0.273. The van der Waals surface area contributed by atoms with Gasteiger partial charge in [-0.05, 0) is 80.0 Å². The van der Waals surface area contributed by atoms with E-state index in [2.05, 4.69) is 34.6 Å². The maximum absolute atomic E-state index is 12.5. The van der Waals surface area contributed by atoms with E-state index in [0.717, 1.165) is 32.1 Å². The van der Waals surface area contributed by atoms with E-state index >= 15 is 0 Å². The molecule has 10 atom stereocenters. The van der Waals surface area contributed by atoms with Gasteiger partial charge in [-0.2, -0.15) is 0 Å². The molecule has 0 radical (unpaired) electrons. The van der Waals surface area contributed by atoms with Gasteiger partial charge in [0.05, 0.1) is 0 Å². The van der Waals surface area contributed by atoms with Crippen LogP contribution in [0, 0.1) is 39.4 Å². The Morgan fingerprint density at radius 1 is 0.842 bits per heavy atom. The minimum absolute atomic E-state index is 0.0238. The van der Waals surface area contributed by atoms with Crippen LogP contribution in [0.2, 0.25) is 0 Å². The minimum atomic E-state index is -1.26. The Morgan fingerprint density at radius 2 is 1.50 bits per heavy atom. The Morgan fingerprint density at radius 3 is 2.08 bits per heavy atom. The normalized spacial score (nSPS) is 51.3. The van der Waals surface area contributed by atoms with Gasteiger partial charge in [-0.25, -0.2) is 0 Å². The van der Waals surface area contributed by atoms with Crippen molar-refractivity contribution in [2.75, 3.05) is 0 Å². The van der Waals surface area contributed by atoms with E-state index in [-0.39, 0.29) is 57.5 Å². The van der Waals surface area contributed by atoms with E-state index in [1.807, 2.05) is 6.92 Å². The topological polar surface area (TPSA) is 99.1 Å². The Hall–Kier alpha value is -1.63. The molecule has 0 amide bonds. The largest absolute Gasteiger partial charge is 0.462 e. The van der Waals surface area contributed by atoms with Crippen molar-refractivity contribution in [1.29, 1.82) is 0 Å². The van der Waals surface area contributed by atoms with Crippen molar-refractivity contribution >= 4 is 17.9 Å². The molecule has 5 fully saturated rings. The average molecular weight is 533 g/mol. The predicted octanol–water partition coefficient (Wildman–Crippen LogP) is 5.36. The summed E-state index contributed by atoms with van der Waals surface area (Å²) < 4.78 is 17.8. The number of hydrogen-bond donors (Lipinski definition) is 1. The maximum atomic E-state index is 12.5. The van der Waals surface area contributed by atoms with Crippen LogP contribution in [0.1, 0.15) is 113 Å². The second-order valence-corrected chi connectivity index (χ2v) is 14.9. The Labute approximate surface area is 227 Å². The number of hydrogen-bond acceptors (Lipinski definition) is 7. The van der Waals surface area contributed by atoms with Gasteiger partial charge in [-0.1, -0.05) is 34.6 Å². The van der Waals surface area contributed by atoms with Crippen molar-refractivity contribution < 1.29 is 33.7 Å². The highest BCUT2D eigenvalue weighted by Crippen LogP contribution is 2.77. The van der Waals surface area contributed by atoms with Crippen LogP contribution in [-0.2, 0) is 28.6 Å². The zero-order valence-corrected chi connectivity index (χ0v) is 24.6. The molecule has 7 nitrogen and oxygen atoms in total. The number of ether oxygens (including phenoxy) is 3. The summed E-state index contributed by atoms with van der Waals surface area (Å²) >= 11 is 0.